The highest BCUT2D eigenvalue weighted by Crippen LogP contribution is 2.21. The predicted octanol–water partition coefficient (Wildman–Crippen LogP) is 3.35. The molecule has 0 aromatic heterocycles. The number of hydrogen-bond acceptors (Lipinski definition) is 3. The van der Waals surface area contributed by atoms with Crippen molar-refractivity contribution in [1.82, 2.24) is 4.31 Å². The molecule has 114 valence electrons. The van der Waals surface area contributed by atoms with Gasteiger partial charge in [0.1, 0.15) is 0 Å². The molecule has 0 N–H and O–H groups in total. The molecule has 0 spiro atoms. The third-order valence-electron chi connectivity index (χ3n) is 2.99. The van der Waals surface area contributed by atoms with Crippen LogP contribution in [0.25, 0.3) is 0 Å². The standard InChI is InChI=1S/C16H14BrNO3S/c1-2-16(19)18(12-13-6-4-3-5-7-13)22(20,21)15-10-8-14(17)9-11-15/h2-11H,1,12H2. The largest absolute Gasteiger partial charge is 0.269 e. The maximum atomic E-state index is 12.7. The second-order valence-electron chi connectivity index (χ2n) is 4.49. The van der Waals surface area contributed by atoms with Crippen LogP contribution >= 0.6 is 15.9 Å². The molecule has 2 aromatic rings. The maximum absolute atomic E-state index is 12.7. The molecule has 0 fully saturated rings. The highest BCUT2D eigenvalue weighted by molar-refractivity contribution is 9.10. The molecule has 0 aliphatic rings. The molecule has 6 heteroatoms. The summed E-state index contributed by atoms with van der Waals surface area (Å²) in [5.41, 5.74) is 0.721. The summed E-state index contributed by atoms with van der Waals surface area (Å²) in [6.45, 7) is 3.34. The van der Waals surface area contributed by atoms with Crippen LogP contribution in [0.1, 0.15) is 5.56 Å². The summed E-state index contributed by atoms with van der Waals surface area (Å²) in [6.07, 6.45) is 0.999. The van der Waals surface area contributed by atoms with Gasteiger partial charge >= 0.3 is 0 Å². The van der Waals surface area contributed by atoms with Crippen LogP contribution in [-0.4, -0.2) is 18.6 Å². The normalized spacial score (nSPS) is 11.0. The lowest BCUT2D eigenvalue weighted by Gasteiger charge is -2.21. The fraction of sp³-hybridized carbons (Fsp3) is 0.0625. The van der Waals surface area contributed by atoms with Gasteiger partial charge in [-0.1, -0.05) is 52.8 Å². The number of amides is 1. The van der Waals surface area contributed by atoms with E-state index >= 15 is 0 Å². The van der Waals surface area contributed by atoms with Crippen molar-refractivity contribution in [2.75, 3.05) is 0 Å². The van der Waals surface area contributed by atoms with Crippen molar-refractivity contribution in [3.05, 3.63) is 77.3 Å². The van der Waals surface area contributed by atoms with Gasteiger partial charge in [-0.05, 0) is 35.9 Å². The Hall–Kier alpha value is -1.92. The van der Waals surface area contributed by atoms with E-state index < -0.39 is 15.9 Å². The lowest BCUT2D eigenvalue weighted by Crippen LogP contribution is -2.35. The Kier molecular flexibility index (Phi) is 5.15. The van der Waals surface area contributed by atoms with Crippen LogP contribution in [-0.2, 0) is 21.4 Å². The van der Waals surface area contributed by atoms with Crippen molar-refractivity contribution in [3.8, 4) is 0 Å². The van der Waals surface area contributed by atoms with Crippen LogP contribution in [0.3, 0.4) is 0 Å². The predicted molar refractivity (Wildman–Crippen MR) is 88.5 cm³/mol. The molecule has 0 radical (unpaired) electrons. The lowest BCUT2D eigenvalue weighted by molar-refractivity contribution is -0.121. The number of halogens is 1. The molecule has 0 aliphatic heterocycles. The highest BCUT2D eigenvalue weighted by Gasteiger charge is 2.27. The van der Waals surface area contributed by atoms with Crippen LogP contribution in [0.2, 0.25) is 0 Å². The molecule has 2 rings (SSSR count). The second-order valence-corrected chi connectivity index (χ2v) is 7.27. The molecule has 2 aromatic carbocycles. The molecule has 1 amide bonds. The molecular weight excluding hydrogens is 366 g/mol. The van der Waals surface area contributed by atoms with Crippen molar-refractivity contribution in [2.24, 2.45) is 0 Å². The number of carbonyl (C=O) groups excluding carboxylic acids is 1. The van der Waals surface area contributed by atoms with E-state index in [1.807, 2.05) is 6.07 Å². The zero-order valence-electron chi connectivity index (χ0n) is 11.6. The van der Waals surface area contributed by atoms with Crippen molar-refractivity contribution in [2.45, 2.75) is 11.4 Å². The van der Waals surface area contributed by atoms with Gasteiger partial charge in [-0.25, -0.2) is 12.7 Å². The van der Waals surface area contributed by atoms with Gasteiger partial charge in [-0.2, -0.15) is 0 Å². The summed E-state index contributed by atoms with van der Waals surface area (Å²) in [5, 5.41) is 0. The molecule has 0 saturated carbocycles. The van der Waals surface area contributed by atoms with Gasteiger partial charge in [0.25, 0.3) is 15.9 Å². The maximum Gasteiger partial charge on any atom is 0.267 e. The van der Waals surface area contributed by atoms with E-state index in [1.165, 1.54) is 12.1 Å². The van der Waals surface area contributed by atoms with Crippen molar-refractivity contribution >= 4 is 31.9 Å². The summed E-state index contributed by atoms with van der Waals surface area (Å²) < 4.78 is 27.0. The van der Waals surface area contributed by atoms with Crippen molar-refractivity contribution in [1.29, 1.82) is 0 Å². The molecule has 0 atom stereocenters. The number of rotatable bonds is 5. The quantitative estimate of drug-likeness (QED) is 0.748. The van der Waals surface area contributed by atoms with Gasteiger partial charge in [-0.15, -0.1) is 0 Å². The van der Waals surface area contributed by atoms with Crippen molar-refractivity contribution < 1.29 is 13.2 Å². The van der Waals surface area contributed by atoms with Crippen LogP contribution in [0.4, 0.5) is 0 Å². The van der Waals surface area contributed by atoms with Crippen LogP contribution in [0, 0.1) is 0 Å². The topological polar surface area (TPSA) is 54.5 Å². The molecule has 0 bridgehead atoms. The van der Waals surface area contributed by atoms with Gasteiger partial charge < -0.3 is 0 Å². The number of carbonyl (C=O) groups is 1. The first-order chi connectivity index (χ1) is 10.4. The average Bonchev–Trinajstić information content (AvgIpc) is 2.53. The van der Waals surface area contributed by atoms with Crippen LogP contribution < -0.4 is 0 Å². The SMILES string of the molecule is C=CC(=O)N(Cc1ccccc1)S(=O)(=O)c1ccc(Br)cc1. The Bertz CT molecular complexity index is 771. The van der Waals surface area contributed by atoms with Gasteiger partial charge in [0.05, 0.1) is 11.4 Å². The summed E-state index contributed by atoms with van der Waals surface area (Å²) >= 11 is 3.25. The number of benzene rings is 2. The second kappa shape index (κ2) is 6.89. The summed E-state index contributed by atoms with van der Waals surface area (Å²) in [7, 11) is -3.94. The number of hydrogen-bond donors (Lipinski definition) is 0. The molecule has 22 heavy (non-hydrogen) atoms. The summed E-state index contributed by atoms with van der Waals surface area (Å²) in [4.78, 5) is 12.1. The van der Waals surface area contributed by atoms with Crippen molar-refractivity contribution in [3.63, 3.8) is 0 Å². The van der Waals surface area contributed by atoms with Gasteiger partial charge in [0, 0.05) is 4.47 Å². The first-order valence-electron chi connectivity index (χ1n) is 6.44. The molecule has 4 nitrogen and oxygen atoms in total. The minimum absolute atomic E-state index is 0.0376. The molecule has 0 aliphatic carbocycles. The Balaban J connectivity index is 2.42. The third-order valence-corrected chi connectivity index (χ3v) is 5.28. The van der Waals surface area contributed by atoms with E-state index in [9.17, 15) is 13.2 Å². The fourth-order valence-electron chi connectivity index (χ4n) is 1.87. The van der Waals surface area contributed by atoms with E-state index in [1.54, 1.807) is 36.4 Å². The Morgan fingerprint density at radius 3 is 2.23 bits per heavy atom. The zero-order valence-corrected chi connectivity index (χ0v) is 14.0. The van der Waals surface area contributed by atoms with Crippen LogP contribution in [0.5, 0.6) is 0 Å². The number of sulfonamides is 1. The first-order valence-corrected chi connectivity index (χ1v) is 8.67. The Labute approximate surface area is 138 Å². The zero-order chi connectivity index (χ0) is 16.2. The van der Waals surface area contributed by atoms with Gasteiger partial charge in [-0.3, -0.25) is 4.79 Å². The Morgan fingerprint density at radius 1 is 1.09 bits per heavy atom. The van der Waals surface area contributed by atoms with Gasteiger partial charge in [0.2, 0.25) is 0 Å². The smallest absolute Gasteiger partial charge is 0.267 e. The van der Waals surface area contributed by atoms with E-state index in [0.29, 0.717) is 0 Å². The lowest BCUT2D eigenvalue weighted by atomic mass is 10.2. The summed E-state index contributed by atoms with van der Waals surface area (Å²) in [6, 6.07) is 15.1. The average molecular weight is 380 g/mol. The van der Waals surface area contributed by atoms with Crippen LogP contribution in [0.15, 0.2) is 76.6 Å². The Morgan fingerprint density at radius 2 is 1.68 bits per heavy atom. The van der Waals surface area contributed by atoms with E-state index in [2.05, 4.69) is 22.5 Å². The molecular formula is C16H14BrNO3S. The minimum Gasteiger partial charge on any atom is -0.269 e. The first kappa shape index (κ1) is 16.5. The monoisotopic (exact) mass is 379 g/mol. The minimum atomic E-state index is -3.94. The molecule has 0 heterocycles. The highest BCUT2D eigenvalue weighted by atomic mass is 79.9. The van der Waals surface area contributed by atoms with E-state index in [-0.39, 0.29) is 11.4 Å². The van der Waals surface area contributed by atoms with E-state index in [0.717, 1.165) is 20.4 Å². The summed E-state index contributed by atoms with van der Waals surface area (Å²) in [5.74, 6) is -0.660. The third kappa shape index (κ3) is 3.64. The van der Waals surface area contributed by atoms with E-state index in [4.69, 9.17) is 0 Å². The van der Waals surface area contributed by atoms with Gasteiger partial charge in [0.15, 0.2) is 0 Å². The molecule has 0 saturated heterocycles. The number of nitrogens with zero attached hydrogens (tertiary/aromatic N) is 1. The fourth-order valence-corrected chi connectivity index (χ4v) is 3.50. The molecule has 0 unspecified atom stereocenters.